The summed E-state index contributed by atoms with van der Waals surface area (Å²) >= 11 is 0. The zero-order chi connectivity index (χ0) is 17.2. The first-order valence-corrected chi connectivity index (χ1v) is 8.99. The maximum atomic E-state index is 12.7. The van der Waals surface area contributed by atoms with Crippen LogP contribution in [-0.4, -0.2) is 69.6 Å². The lowest BCUT2D eigenvalue weighted by Crippen LogP contribution is -2.48. The van der Waals surface area contributed by atoms with E-state index in [1.54, 1.807) is 4.68 Å². The molecule has 1 atom stereocenters. The fourth-order valence-corrected chi connectivity index (χ4v) is 3.62. The van der Waals surface area contributed by atoms with E-state index >= 15 is 0 Å². The van der Waals surface area contributed by atoms with Crippen LogP contribution in [0.1, 0.15) is 29.4 Å². The molecule has 0 aromatic carbocycles. The summed E-state index contributed by atoms with van der Waals surface area (Å²) in [7, 11) is 1.92. The van der Waals surface area contributed by atoms with Crippen molar-refractivity contribution in [2.45, 2.75) is 18.9 Å². The van der Waals surface area contributed by atoms with Crippen LogP contribution in [0.3, 0.4) is 0 Å². The number of aryl methyl sites for hydroxylation is 1. The van der Waals surface area contributed by atoms with Crippen molar-refractivity contribution in [3.63, 3.8) is 0 Å². The van der Waals surface area contributed by atoms with Crippen LogP contribution in [0.2, 0.25) is 0 Å². The molecule has 2 fully saturated rings. The molecule has 0 aliphatic carbocycles. The summed E-state index contributed by atoms with van der Waals surface area (Å²) in [4.78, 5) is 16.9. The van der Waals surface area contributed by atoms with Crippen LogP contribution < -0.4 is 10.2 Å². The Morgan fingerprint density at radius 2 is 2.08 bits per heavy atom. The number of hydrogen-bond acceptors (Lipinski definition) is 5. The van der Waals surface area contributed by atoms with E-state index in [1.165, 1.54) is 0 Å². The first-order chi connectivity index (χ1) is 12.2. The molecule has 0 spiro atoms. The lowest BCUT2D eigenvalue weighted by atomic mass is 10.1. The summed E-state index contributed by atoms with van der Waals surface area (Å²) < 4.78 is 3.75. The van der Waals surface area contributed by atoms with Gasteiger partial charge in [0.05, 0.1) is 17.9 Å². The van der Waals surface area contributed by atoms with E-state index in [2.05, 4.69) is 20.4 Å². The number of aromatic nitrogens is 4. The highest BCUT2D eigenvalue weighted by atomic mass is 35.5. The first-order valence-electron chi connectivity index (χ1n) is 8.99. The second-order valence-corrected chi connectivity index (χ2v) is 6.83. The Morgan fingerprint density at radius 1 is 1.27 bits per heavy atom. The Labute approximate surface area is 159 Å². The normalized spacial score (nSPS) is 20.7. The molecular weight excluding hydrogens is 354 g/mol. The second-order valence-electron chi connectivity index (χ2n) is 6.83. The number of carbonyl (C=O) groups is 1. The van der Waals surface area contributed by atoms with Gasteiger partial charge in [0.1, 0.15) is 5.69 Å². The monoisotopic (exact) mass is 379 g/mol. The van der Waals surface area contributed by atoms with Gasteiger partial charge < -0.3 is 15.1 Å². The first kappa shape index (κ1) is 18.7. The van der Waals surface area contributed by atoms with E-state index < -0.39 is 0 Å². The van der Waals surface area contributed by atoms with E-state index in [-0.39, 0.29) is 18.3 Å². The molecule has 26 heavy (non-hydrogen) atoms. The van der Waals surface area contributed by atoms with Gasteiger partial charge in [-0.1, -0.05) is 0 Å². The number of anilines is 1. The molecule has 4 rings (SSSR count). The summed E-state index contributed by atoms with van der Waals surface area (Å²) in [5, 5.41) is 12.2. The van der Waals surface area contributed by atoms with Crippen molar-refractivity contribution in [3.8, 4) is 0 Å². The van der Waals surface area contributed by atoms with Gasteiger partial charge in [0.2, 0.25) is 0 Å². The third-order valence-corrected chi connectivity index (χ3v) is 5.10. The zero-order valence-electron chi connectivity index (χ0n) is 15.0. The number of carbonyl (C=O) groups excluding carboxylic acids is 1. The topological polar surface area (TPSA) is 71.2 Å². The predicted octanol–water partition coefficient (Wildman–Crippen LogP) is 0.925. The number of halogens is 1. The molecule has 0 radical (unpaired) electrons. The van der Waals surface area contributed by atoms with Crippen LogP contribution in [0.25, 0.3) is 0 Å². The van der Waals surface area contributed by atoms with Gasteiger partial charge in [-0.25, -0.2) is 0 Å². The molecule has 1 amide bonds. The zero-order valence-corrected chi connectivity index (χ0v) is 15.9. The fourth-order valence-electron chi connectivity index (χ4n) is 3.62. The molecular formula is C17H26ClN7O. The minimum absolute atomic E-state index is 0. The van der Waals surface area contributed by atoms with Gasteiger partial charge in [-0.05, 0) is 25.5 Å². The van der Waals surface area contributed by atoms with E-state index in [0.29, 0.717) is 24.8 Å². The maximum Gasteiger partial charge on any atom is 0.274 e. The molecule has 2 saturated heterocycles. The minimum atomic E-state index is 0. The second kappa shape index (κ2) is 8.09. The highest BCUT2D eigenvalue weighted by Crippen LogP contribution is 2.18. The van der Waals surface area contributed by atoms with Crippen LogP contribution in [0.15, 0.2) is 24.7 Å². The Morgan fingerprint density at radius 3 is 2.73 bits per heavy atom. The van der Waals surface area contributed by atoms with E-state index in [4.69, 9.17) is 0 Å². The third kappa shape index (κ3) is 3.86. The van der Waals surface area contributed by atoms with Gasteiger partial charge in [-0.3, -0.25) is 14.2 Å². The standard InChI is InChI=1S/C17H25N7O.ClH/c1-21-13-15(12-19-21)22-7-9-23(10-8-22)17(25)16-4-6-24(20-16)14-3-2-5-18-11-14;/h4,6,12-14,18H,2-3,5,7-11H2,1H3;1H. The minimum Gasteiger partial charge on any atom is -0.365 e. The quantitative estimate of drug-likeness (QED) is 0.858. The van der Waals surface area contributed by atoms with E-state index in [0.717, 1.165) is 44.7 Å². The number of amides is 1. The van der Waals surface area contributed by atoms with Crippen LogP contribution in [-0.2, 0) is 7.05 Å². The molecule has 142 valence electrons. The van der Waals surface area contributed by atoms with Crippen molar-refractivity contribution in [1.82, 2.24) is 29.8 Å². The highest BCUT2D eigenvalue weighted by molar-refractivity contribution is 5.92. The molecule has 0 bridgehead atoms. The van der Waals surface area contributed by atoms with Crippen molar-refractivity contribution in [1.29, 1.82) is 0 Å². The summed E-state index contributed by atoms with van der Waals surface area (Å²) in [6, 6.07) is 2.21. The number of hydrogen-bond donors (Lipinski definition) is 1. The Kier molecular flexibility index (Phi) is 5.83. The molecule has 8 nitrogen and oxygen atoms in total. The molecule has 2 aliphatic rings. The number of nitrogens with one attached hydrogen (secondary N) is 1. The molecule has 1 N–H and O–H groups in total. The predicted molar refractivity (Wildman–Crippen MR) is 102 cm³/mol. The van der Waals surface area contributed by atoms with E-state index in [1.807, 2.05) is 41.3 Å². The summed E-state index contributed by atoms with van der Waals surface area (Å²) in [6.45, 7) is 5.08. The third-order valence-electron chi connectivity index (χ3n) is 5.10. The van der Waals surface area contributed by atoms with Crippen molar-refractivity contribution >= 4 is 24.0 Å². The molecule has 2 aromatic heterocycles. The summed E-state index contributed by atoms with van der Waals surface area (Å²) in [5.74, 6) is 0.0355. The van der Waals surface area contributed by atoms with Crippen molar-refractivity contribution in [2.24, 2.45) is 7.05 Å². The van der Waals surface area contributed by atoms with Gasteiger partial charge in [-0.15, -0.1) is 12.4 Å². The molecule has 2 aromatic rings. The van der Waals surface area contributed by atoms with Gasteiger partial charge in [0.25, 0.3) is 5.91 Å². The lowest BCUT2D eigenvalue weighted by molar-refractivity contribution is 0.0739. The molecule has 9 heteroatoms. The molecule has 1 unspecified atom stereocenters. The smallest absolute Gasteiger partial charge is 0.274 e. The van der Waals surface area contributed by atoms with Gasteiger partial charge in [0.15, 0.2) is 0 Å². The summed E-state index contributed by atoms with van der Waals surface area (Å²) in [5.41, 5.74) is 1.67. The van der Waals surface area contributed by atoms with Crippen LogP contribution in [0.5, 0.6) is 0 Å². The van der Waals surface area contributed by atoms with Crippen LogP contribution in [0.4, 0.5) is 5.69 Å². The molecule has 2 aliphatic heterocycles. The maximum absolute atomic E-state index is 12.7. The summed E-state index contributed by atoms with van der Waals surface area (Å²) in [6.07, 6.45) is 8.10. The van der Waals surface area contributed by atoms with Crippen molar-refractivity contribution in [2.75, 3.05) is 44.2 Å². The van der Waals surface area contributed by atoms with Crippen LogP contribution in [0, 0.1) is 0 Å². The highest BCUT2D eigenvalue weighted by Gasteiger charge is 2.25. The number of nitrogens with zero attached hydrogens (tertiary/aromatic N) is 6. The van der Waals surface area contributed by atoms with Crippen molar-refractivity contribution < 1.29 is 4.79 Å². The Balaban J connectivity index is 0.00000196. The van der Waals surface area contributed by atoms with Gasteiger partial charge in [-0.2, -0.15) is 10.2 Å². The van der Waals surface area contributed by atoms with Gasteiger partial charge in [0, 0.05) is 52.2 Å². The van der Waals surface area contributed by atoms with E-state index in [9.17, 15) is 4.79 Å². The molecule has 0 saturated carbocycles. The van der Waals surface area contributed by atoms with Crippen LogP contribution >= 0.6 is 12.4 Å². The number of rotatable bonds is 3. The Bertz CT molecular complexity index is 729. The van der Waals surface area contributed by atoms with Crippen molar-refractivity contribution in [3.05, 3.63) is 30.4 Å². The largest absolute Gasteiger partial charge is 0.365 e. The van der Waals surface area contributed by atoms with Gasteiger partial charge >= 0.3 is 0 Å². The average molecular weight is 380 g/mol. The number of piperazine rings is 1. The average Bonchev–Trinajstić information content (AvgIpc) is 3.31. The Hall–Kier alpha value is -2.06. The fraction of sp³-hybridized carbons (Fsp3) is 0.588. The number of piperidine rings is 1. The SMILES string of the molecule is Cl.Cn1cc(N2CCN(C(=O)c3ccn(C4CCCNC4)n3)CC2)cn1. The lowest BCUT2D eigenvalue weighted by Gasteiger charge is -2.35. The molecule has 4 heterocycles.